The average molecular weight is 405 g/mol. The maximum absolute atomic E-state index is 13.3. The zero-order valence-corrected chi connectivity index (χ0v) is 15.7. The second kappa shape index (κ2) is 8.85. The van der Waals surface area contributed by atoms with Crippen LogP contribution >= 0.6 is 11.6 Å². The van der Waals surface area contributed by atoms with Crippen LogP contribution in [0.4, 0.5) is 4.39 Å². The second-order valence-corrected chi connectivity index (χ2v) is 6.92. The van der Waals surface area contributed by atoms with E-state index in [0.717, 1.165) is 18.9 Å². The summed E-state index contributed by atoms with van der Waals surface area (Å²) in [6.07, 6.45) is 1.89. The van der Waals surface area contributed by atoms with Gasteiger partial charge in [0.05, 0.1) is 11.1 Å². The van der Waals surface area contributed by atoms with E-state index < -0.39 is 5.82 Å². The Kier molecular flexibility index (Phi) is 6.26. The molecule has 0 bridgehead atoms. The van der Waals surface area contributed by atoms with Crippen LogP contribution in [-0.2, 0) is 4.79 Å². The first-order chi connectivity index (χ1) is 13.5. The minimum absolute atomic E-state index is 0.0123. The van der Waals surface area contributed by atoms with E-state index in [-0.39, 0.29) is 35.1 Å². The Morgan fingerprint density at radius 1 is 1.46 bits per heavy atom. The van der Waals surface area contributed by atoms with Gasteiger partial charge < -0.3 is 14.5 Å². The summed E-state index contributed by atoms with van der Waals surface area (Å²) in [5, 5.41) is 19.5. The summed E-state index contributed by atoms with van der Waals surface area (Å²) < 4.78 is 24.1. The third-order valence-corrected chi connectivity index (χ3v) is 4.73. The molecule has 1 amide bonds. The predicted molar refractivity (Wildman–Crippen MR) is 98.9 cm³/mol. The van der Waals surface area contributed by atoms with Gasteiger partial charge in [-0.2, -0.15) is 5.26 Å². The van der Waals surface area contributed by atoms with Crippen LogP contribution in [-0.4, -0.2) is 29.3 Å². The fourth-order valence-corrected chi connectivity index (χ4v) is 2.81. The average Bonchev–Trinajstić information content (AvgIpc) is 3.11. The first-order valence-electron chi connectivity index (χ1n) is 8.72. The van der Waals surface area contributed by atoms with Crippen LogP contribution < -0.4 is 10.1 Å². The van der Waals surface area contributed by atoms with E-state index in [9.17, 15) is 9.18 Å². The first-order valence-corrected chi connectivity index (χ1v) is 9.09. The summed E-state index contributed by atoms with van der Waals surface area (Å²) in [6.45, 7) is 3.96. The van der Waals surface area contributed by atoms with Crippen LogP contribution in [0.5, 0.6) is 5.75 Å². The number of hydrogen-bond donors (Lipinski definition) is 1. The second-order valence-electron chi connectivity index (χ2n) is 6.51. The van der Waals surface area contributed by atoms with Gasteiger partial charge in [0.25, 0.3) is 5.91 Å². The van der Waals surface area contributed by atoms with Crippen LogP contribution in [0.1, 0.15) is 37.0 Å². The lowest BCUT2D eigenvalue weighted by Gasteiger charge is -2.26. The molecule has 9 heteroatoms. The molecule has 1 N–H and O–H groups in total. The minimum Gasteiger partial charge on any atom is -0.484 e. The standard InChI is InChI=1S/C19H18ClFN4O3/c1-11(18-24-25-19(28-18)13-6-12(7-13)9-22)4-5-23-17(26)10-27-14-2-3-15(20)16(21)8-14/h2-3,8,12-13H,1,4-7,10H2,(H,23,26). The van der Waals surface area contributed by atoms with Crippen LogP contribution in [0.2, 0.25) is 5.02 Å². The van der Waals surface area contributed by atoms with Crippen LogP contribution in [0.15, 0.2) is 29.2 Å². The fraction of sp³-hybridized carbons (Fsp3) is 0.368. The van der Waals surface area contributed by atoms with Crippen molar-refractivity contribution >= 4 is 23.1 Å². The zero-order chi connectivity index (χ0) is 20.1. The molecule has 0 unspecified atom stereocenters. The normalized spacial score (nSPS) is 18.0. The molecule has 1 saturated carbocycles. The molecule has 1 aromatic carbocycles. The molecule has 1 aliphatic rings. The van der Waals surface area contributed by atoms with E-state index in [1.165, 1.54) is 12.1 Å². The smallest absolute Gasteiger partial charge is 0.257 e. The number of nitrogens with zero attached hydrogens (tertiary/aromatic N) is 3. The van der Waals surface area contributed by atoms with Crippen molar-refractivity contribution in [2.45, 2.75) is 25.2 Å². The van der Waals surface area contributed by atoms with Crippen molar-refractivity contribution in [3.8, 4) is 11.8 Å². The van der Waals surface area contributed by atoms with Crippen LogP contribution in [0.3, 0.4) is 0 Å². The van der Waals surface area contributed by atoms with Gasteiger partial charge in [-0.15, -0.1) is 10.2 Å². The highest BCUT2D eigenvalue weighted by molar-refractivity contribution is 6.30. The highest BCUT2D eigenvalue weighted by Gasteiger charge is 2.34. The Hall–Kier alpha value is -2.92. The topological polar surface area (TPSA) is 101 Å². The van der Waals surface area contributed by atoms with Gasteiger partial charge in [-0.05, 0) is 31.4 Å². The molecule has 0 aliphatic heterocycles. The van der Waals surface area contributed by atoms with E-state index in [0.29, 0.717) is 30.3 Å². The van der Waals surface area contributed by atoms with Crippen LogP contribution in [0.25, 0.3) is 5.57 Å². The van der Waals surface area contributed by atoms with Gasteiger partial charge >= 0.3 is 0 Å². The van der Waals surface area contributed by atoms with Gasteiger partial charge in [-0.25, -0.2) is 4.39 Å². The Labute approximate surface area is 166 Å². The van der Waals surface area contributed by atoms with Gasteiger partial charge in [0, 0.05) is 30.0 Å². The maximum Gasteiger partial charge on any atom is 0.257 e. The molecule has 2 aromatic rings. The number of benzene rings is 1. The van der Waals surface area contributed by atoms with Gasteiger partial charge in [0.15, 0.2) is 6.61 Å². The maximum atomic E-state index is 13.3. The highest BCUT2D eigenvalue weighted by Crippen LogP contribution is 2.40. The Balaban J connectivity index is 1.38. The van der Waals surface area contributed by atoms with Crippen molar-refractivity contribution in [1.29, 1.82) is 5.26 Å². The molecule has 3 rings (SSSR count). The lowest BCUT2D eigenvalue weighted by molar-refractivity contribution is -0.123. The van der Waals surface area contributed by atoms with Crippen molar-refractivity contribution in [2.24, 2.45) is 5.92 Å². The lowest BCUT2D eigenvalue weighted by atomic mass is 9.76. The molecule has 0 saturated heterocycles. The Bertz CT molecular complexity index is 918. The number of carbonyl (C=O) groups is 1. The molecule has 1 fully saturated rings. The number of hydrogen-bond acceptors (Lipinski definition) is 6. The van der Waals surface area contributed by atoms with E-state index >= 15 is 0 Å². The first kappa shape index (κ1) is 19.8. The molecule has 146 valence electrons. The van der Waals surface area contributed by atoms with Crippen LogP contribution in [0, 0.1) is 23.1 Å². The van der Waals surface area contributed by atoms with Gasteiger partial charge in [0.1, 0.15) is 11.6 Å². The molecule has 0 atom stereocenters. The molecule has 1 aliphatic carbocycles. The predicted octanol–water partition coefficient (Wildman–Crippen LogP) is 3.48. The number of rotatable bonds is 8. The Morgan fingerprint density at radius 3 is 2.96 bits per heavy atom. The van der Waals surface area contributed by atoms with Gasteiger partial charge in [-0.3, -0.25) is 4.79 Å². The van der Waals surface area contributed by atoms with E-state index in [4.69, 9.17) is 26.0 Å². The van der Waals surface area contributed by atoms with E-state index in [1.807, 2.05) is 0 Å². The summed E-state index contributed by atoms with van der Waals surface area (Å²) in [5.41, 5.74) is 0.607. The van der Waals surface area contributed by atoms with Crippen molar-refractivity contribution in [2.75, 3.05) is 13.2 Å². The number of aromatic nitrogens is 2. The number of carbonyl (C=O) groups excluding carboxylic acids is 1. The lowest BCUT2D eigenvalue weighted by Crippen LogP contribution is -2.29. The molecule has 1 heterocycles. The zero-order valence-electron chi connectivity index (χ0n) is 15.0. The summed E-state index contributed by atoms with van der Waals surface area (Å²) in [4.78, 5) is 11.8. The molecule has 0 spiro atoms. The summed E-state index contributed by atoms with van der Waals surface area (Å²) in [7, 11) is 0. The quantitative estimate of drug-likeness (QED) is 0.722. The van der Waals surface area contributed by atoms with Crippen molar-refractivity contribution in [3.63, 3.8) is 0 Å². The molecule has 0 radical (unpaired) electrons. The molecule has 28 heavy (non-hydrogen) atoms. The number of amides is 1. The molecular weight excluding hydrogens is 387 g/mol. The summed E-state index contributed by atoms with van der Waals surface area (Å²) >= 11 is 5.59. The van der Waals surface area contributed by atoms with Crippen molar-refractivity contribution < 1.29 is 18.3 Å². The summed E-state index contributed by atoms with van der Waals surface area (Å²) in [6, 6.07) is 6.17. The molecule has 7 nitrogen and oxygen atoms in total. The number of halogens is 2. The third-order valence-electron chi connectivity index (χ3n) is 4.42. The number of ether oxygens (including phenoxy) is 1. The fourth-order valence-electron chi connectivity index (χ4n) is 2.69. The van der Waals surface area contributed by atoms with Gasteiger partial charge in [0.2, 0.25) is 11.8 Å². The summed E-state index contributed by atoms with van der Waals surface area (Å²) in [5.74, 6) is 0.298. The Morgan fingerprint density at radius 2 is 2.25 bits per heavy atom. The van der Waals surface area contributed by atoms with E-state index in [1.54, 1.807) is 0 Å². The van der Waals surface area contributed by atoms with Crippen molar-refractivity contribution in [3.05, 3.63) is 47.4 Å². The van der Waals surface area contributed by atoms with Gasteiger partial charge in [-0.1, -0.05) is 18.2 Å². The SMILES string of the molecule is C=C(CCNC(=O)COc1ccc(Cl)c(F)c1)c1nnc(C2CC(C#N)C2)o1. The monoisotopic (exact) mass is 404 g/mol. The van der Waals surface area contributed by atoms with E-state index in [2.05, 4.69) is 28.2 Å². The highest BCUT2D eigenvalue weighted by atomic mass is 35.5. The number of nitrogens with one attached hydrogen (secondary N) is 1. The third kappa shape index (κ3) is 4.87. The minimum atomic E-state index is -0.611. The number of nitriles is 1. The largest absolute Gasteiger partial charge is 0.484 e. The van der Waals surface area contributed by atoms with Crippen molar-refractivity contribution in [1.82, 2.24) is 15.5 Å². The molecule has 1 aromatic heterocycles. The molecular formula is C19H18ClFN4O3.